The summed E-state index contributed by atoms with van der Waals surface area (Å²) in [6.07, 6.45) is 0. The van der Waals surface area contributed by atoms with Crippen molar-refractivity contribution in [2.24, 2.45) is 0 Å². The van der Waals surface area contributed by atoms with Gasteiger partial charge < -0.3 is 9.52 Å². The van der Waals surface area contributed by atoms with Crippen LogP contribution >= 0.6 is 0 Å². The molecule has 0 radical (unpaired) electrons. The molecule has 1 aromatic heterocycles. The second-order valence-electron chi connectivity index (χ2n) is 4.43. The van der Waals surface area contributed by atoms with Gasteiger partial charge in [-0.05, 0) is 37.3 Å². The molecule has 3 heteroatoms. The van der Waals surface area contributed by atoms with E-state index in [-0.39, 0.29) is 11.5 Å². The Labute approximate surface area is 110 Å². The Morgan fingerprint density at radius 1 is 1.05 bits per heavy atom. The molecule has 3 nitrogen and oxygen atoms in total. The maximum absolute atomic E-state index is 12.4. The first-order chi connectivity index (χ1) is 9.16. The monoisotopic (exact) mass is 252 g/mol. The molecule has 0 fully saturated rings. The molecule has 1 N–H and O–H groups in total. The number of hydrogen-bond donors (Lipinski definition) is 1. The Morgan fingerprint density at radius 3 is 2.42 bits per heavy atom. The van der Waals surface area contributed by atoms with Gasteiger partial charge in [-0.25, -0.2) is 0 Å². The molecule has 0 amide bonds. The highest BCUT2D eigenvalue weighted by Crippen LogP contribution is 2.27. The highest BCUT2D eigenvalue weighted by atomic mass is 16.3. The minimum atomic E-state index is -0.172. The smallest absolute Gasteiger partial charge is 0.228 e. The standard InChI is InChI=1S/C16H12O3/c1-10-13-4-2-3-5-14(13)19-16(10)15(18)11-6-8-12(17)9-7-11/h2-9,17H,1H3. The summed E-state index contributed by atoms with van der Waals surface area (Å²) in [5, 5.41) is 10.2. The second kappa shape index (κ2) is 4.28. The Bertz CT molecular complexity index is 751. The summed E-state index contributed by atoms with van der Waals surface area (Å²) >= 11 is 0. The van der Waals surface area contributed by atoms with Crippen molar-refractivity contribution in [3.8, 4) is 5.75 Å². The minimum absolute atomic E-state index is 0.137. The van der Waals surface area contributed by atoms with E-state index in [1.165, 1.54) is 12.1 Å². The fraction of sp³-hybridized carbons (Fsp3) is 0.0625. The van der Waals surface area contributed by atoms with Crippen molar-refractivity contribution in [3.05, 3.63) is 65.4 Å². The van der Waals surface area contributed by atoms with Crippen molar-refractivity contribution in [1.29, 1.82) is 0 Å². The third-order valence-corrected chi connectivity index (χ3v) is 3.18. The van der Waals surface area contributed by atoms with Gasteiger partial charge in [0.2, 0.25) is 5.78 Å². The van der Waals surface area contributed by atoms with Crippen molar-refractivity contribution in [3.63, 3.8) is 0 Å². The van der Waals surface area contributed by atoms with Gasteiger partial charge in [0.25, 0.3) is 0 Å². The highest BCUT2D eigenvalue weighted by Gasteiger charge is 2.18. The van der Waals surface area contributed by atoms with Crippen LogP contribution in [0.15, 0.2) is 52.9 Å². The van der Waals surface area contributed by atoms with Gasteiger partial charge in [-0.1, -0.05) is 18.2 Å². The predicted molar refractivity (Wildman–Crippen MR) is 72.5 cm³/mol. The zero-order chi connectivity index (χ0) is 13.4. The number of carbonyl (C=O) groups excluding carboxylic acids is 1. The molecule has 0 aliphatic carbocycles. The van der Waals surface area contributed by atoms with Crippen LogP contribution in [0.25, 0.3) is 11.0 Å². The molecule has 0 spiro atoms. The summed E-state index contributed by atoms with van der Waals surface area (Å²) in [6.45, 7) is 1.87. The molecule has 0 saturated carbocycles. The van der Waals surface area contributed by atoms with Crippen molar-refractivity contribution >= 4 is 16.8 Å². The number of rotatable bonds is 2. The topological polar surface area (TPSA) is 50.4 Å². The van der Waals surface area contributed by atoms with Crippen LogP contribution in [0.1, 0.15) is 21.7 Å². The molecule has 0 aliphatic heterocycles. The Kier molecular flexibility index (Phi) is 2.60. The van der Waals surface area contributed by atoms with Crippen LogP contribution in [0.4, 0.5) is 0 Å². The number of ketones is 1. The van der Waals surface area contributed by atoms with E-state index in [0.29, 0.717) is 16.9 Å². The summed E-state index contributed by atoms with van der Waals surface area (Å²) in [4.78, 5) is 12.4. The van der Waals surface area contributed by atoms with E-state index in [2.05, 4.69) is 0 Å². The summed E-state index contributed by atoms with van der Waals surface area (Å²) in [7, 11) is 0. The molecular formula is C16H12O3. The molecule has 0 bridgehead atoms. The van der Waals surface area contributed by atoms with Gasteiger partial charge in [-0.3, -0.25) is 4.79 Å². The first-order valence-electron chi connectivity index (χ1n) is 5.98. The number of carbonyl (C=O) groups is 1. The zero-order valence-corrected chi connectivity index (χ0v) is 10.4. The SMILES string of the molecule is Cc1c(C(=O)c2ccc(O)cc2)oc2ccccc12. The fourth-order valence-corrected chi connectivity index (χ4v) is 2.13. The minimum Gasteiger partial charge on any atom is -0.508 e. The third kappa shape index (κ3) is 1.89. The normalized spacial score (nSPS) is 10.8. The van der Waals surface area contributed by atoms with Gasteiger partial charge in [0, 0.05) is 16.5 Å². The van der Waals surface area contributed by atoms with Crippen LogP contribution in [0, 0.1) is 6.92 Å². The first kappa shape index (κ1) is 11.5. The molecule has 0 unspecified atom stereocenters. The molecule has 0 aliphatic rings. The van der Waals surface area contributed by atoms with E-state index in [1.807, 2.05) is 31.2 Å². The Balaban J connectivity index is 2.11. The number of furan rings is 1. The lowest BCUT2D eigenvalue weighted by Gasteiger charge is -1.99. The fourth-order valence-electron chi connectivity index (χ4n) is 2.13. The lowest BCUT2D eigenvalue weighted by atomic mass is 10.0. The molecule has 0 saturated heterocycles. The molecule has 2 aromatic carbocycles. The van der Waals surface area contributed by atoms with E-state index >= 15 is 0 Å². The van der Waals surface area contributed by atoms with Gasteiger partial charge in [0.1, 0.15) is 11.3 Å². The molecule has 1 heterocycles. The largest absolute Gasteiger partial charge is 0.508 e. The van der Waals surface area contributed by atoms with Crippen molar-refractivity contribution < 1.29 is 14.3 Å². The molecule has 19 heavy (non-hydrogen) atoms. The van der Waals surface area contributed by atoms with Gasteiger partial charge in [0.05, 0.1) is 0 Å². The number of aryl methyl sites for hydroxylation is 1. The van der Waals surface area contributed by atoms with Crippen LogP contribution in [0.2, 0.25) is 0 Å². The summed E-state index contributed by atoms with van der Waals surface area (Å²) < 4.78 is 5.63. The number of phenolic OH excluding ortho intramolecular Hbond substituents is 1. The number of benzene rings is 2. The van der Waals surface area contributed by atoms with E-state index in [0.717, 1.165) is 10.9 Å². The lowest BCUT2D eigenvalue weighted by Crippen LogP contribution is -2.00. The van der Waals surface area contributed by atoms with Gasteiger partial charge in [0.15, 0.2) is 5.76 Å². The quantitative estimate of drug-likeness (QED) is 0.708. The van der Waals surface area contributed by atoms with Gasteiger partial charge >= 0.3 is 0 Å². The molecule has 3 aromatic rings. The number of para-hydroxylation sites is 1. The average molecular weight is 252 g/mol. The van der Waals surface area contributed by atoms with E-state index in [9.17, 15) is 9.90 Å². The van der Waals surface area contributed by atoms with Crippen LogP contribution in [-0.4, -0.2) is 10.9 Å². The molecular weight excluding hydrogens is 240 g/mol. The van der Waals surface area contributed by atoms with Gasteiger partial charge in [-0.15, -0.1) is 0 Å². The predicted octanol–water partition coefficient (Wildman–Crippen LogP) is 3.68. The van der Waals surface area contributed by atoms with Crippen LogP contribution in [0.3, 0.4) is 0 Å². The van der Waals surface area contributed by atoms with Crippen molar-refractivity contribution in [1.82, 2.24) is 0 Å². The van der Waals surface area contributed by atoms with Crippen LogP contribution < -0.4 is 0 Å². The summed E-state index contributed by atoms with van der Waals surface area (Å²) in [6, 6.07) is 13.7. The van der Waals surface area contributed by atoms with E-state index < -0.39 is 0 Å². The zero-order valence-electron chi connectivity index (χ0n) is 10.4. The van der Waals surface area contributed by atoms with Crippen molar-refractivity contribution in [2.45, 2.75) is 6.92 Å². The molecule has 94 valence electrons. The molecule has 0 atom stereocenters. The van der Waals surface area contributed by atoms with E-state index in [1.54, 1.807) is 12.1 Å². The maximum atomic E-state index is 12.4. The number of aromatic hydroxyl groups is 1. The third-order valence-electron chi connectivity index (χ3n) is 3.18. The average Bonchev–Trinajstić information content (AvgIpc) is 2.77. The molecule has 3 rings (SSSR count). The number of hydrogen-bond acceptors (Lipinski definition) is 3. The summed E-state index contributed by atoms with van der Waals surface area (Å²) in [5.41, 5.74) is 2.05. The van der Waals surface area contributed by atoms with Gasteiger partial charge in [-0.2, -0.15) is 0 Å². The lowest BCUT2D eigenvalue weighted by molar-refractivity contribution is 0.101. The van der Waals surface area contributed by atoms with E-state index in [4.69, 9.17) is 4.42 Å². The number of fused-ring (bicyclic) bond motifs is 1. The number of phenols is 1. The van der Waals surface area contributed by atoms with Crippen molar-refractivity contribution in [2.75, 3.05) is 0 Å². The Morgan fingerprint density at radius 2 is 1.74 bits per heavy atom. The van der Waals surface area contributed by atoms with Crippen LogP contribution in [-0.2, 0) is 0 Å². The maximum Gasteiger partial charge on any atom is 0.228 e. The van der Waals surface area contributed by atoms with Crippen LogP contribution in [0.5, 0.6) is 5.75 Å². The highest BCUT2D eigenvalue weighted by molar-refractivity contribution is 6.10. The summed E-state index contributed by atoms with van der Waals surface area (Å²) in [5.74, 6) is 0.318. The Hall–Kier alpha value is -2.55. The second-order valence-corrected chi connectivity index (χ2v) is 4.43. The first-order valence-corrected chi connectivity index (χ1v) is 5.98.